The highest BCUT2D eigenvalue weighted by molar-refractivity contribution is 7.88. The first kappa shape index (κ1) is 26.3. The number of ether oxygens (including phenoxy) is 1. The van der Waals surface area contributed by atoms with Crippen molar-refractivity contribution in [2.75, 3.05) is 31.3 Å². The van der Waals surface area contributed by atoms with Gasteiger partial charge in [0.25, 0.3) is 0 Å². The van der Waals surface area contributed by atoms with Crippen molar-refractivity contribution < 1.29 is 13.2 Å². The van der Waals surface area contributed by atoms with Crippen LogP contribution in [0.15, 0.2) is 30.7 Å². The molecule has 3 aromatic rings. The van der Waals surface area contributed by atoms with Gasteiger partial charge in [0.1, 0.15) is 18.1 Å². The molecule has 1 aliphatic carbocycles. The molecular weight excluding hydrogens is 504 g/mol. The maximum Gasteiger partial charge on any atom is 0.211 e. The average molecular weight is 543 g/mol. The second kappa shape index (κ2) is 10.4. The predicted octanol–water partition coefficient (Wildman–Crippen LogP) is 4.52. The van der Waals surface area contributed by atoms with Crippen LogP contribution in [0.2, 0.25) is 25.7 Å². The molecule has 0 aromatic carbocycles. The quantitative estimate of drug-likeness (QED) is 0.297. The van der Waals surface area contributed by atoms with E-state index in [0.717, 1.165) is 47.9 Å². The lowest BCUT2D eigenvalue weighted by atomic mass is 10.1. The van der Waals surface area contributed by atoms with Crippen LogP contribution in [0.3, 0.4) is 0 Å². The monoisotopic (exact) mass is 542 g/mol. The van der Waals surface area contributed by atoms with Crippen LogP contribution in [-0.4, -0.2) is 72.3 Å². The van der Waals surface area contributed by atoms with Gasteiger partial charge in [0.2, 0.25) is 10.0 Å². The molecule has 3 aromatic heterocycles. The maximum atomic E-state index is 12.1. The van der Waals surface area contributed by atoms with E-state index in [4.69, 9.17) is 14.7 Å². The van der Waals surface area contributed by atoms with Gasteiger partial charge in [0, 0.05) is 57.3 Å². The predicted molar refractivity (Wildman–Crippen MR) is 150 cm³/mol. The number of aromatic nitrogens is 4. The van der Waals surface area contributed by atoms with Crippen molar-refractivity contribution in [3.63, 3.8) is 0 Å². The highest BCUT2D eigenvalue weighted by Crippen LogP contribution is 2.43. The van der Waals surface area contributed by atoms with Crippen molar-refractivity contribution in [1.29, 1.82) is 0 Å². The second-order valence-corrected chi connectivity index (χ2v) is 19.2. The third-order valence-electron chi connectivity index (χ3n) is 7.12. The van der Waals surface area contributed by atoms with Gasteiger partial charge in [0.05, 0.1) is 18.1 Å². The molecule has 0 bridgehead atoms. The molecule has 0 radical (unpaired) electrons. The normalized spacial score (nSPS) is 19.4. The van der Waals surface area contributed by atoms with Crippen LogP contribution in [0, 0.1) is 0 Å². The first-order valence-electron chi connectivity index (χ1n) is 13.2. The van der Waals surface area contributed by atoms with Gasteiger partial charge < -0.3 is 14.6 Å². The number of nitrogens with one attached hydrogen (secondary N) is 1. The number of hydrogen-bond acceptors (Lipinski definition) is 7. The van der Waals surface area contributed by atoms with E-state index in [0.29, 0.717) is 31.6 Å². The molecule has 2 fully saturated rings. The molecule has 37 heavy (non-hydrogen) atoms. The van der Waals surface area contributed by atoms with Crippen molar-refractivity contribution in [1.82, 2.24) is 23.8 Å². The summed E-state index contributed by atoms with van der Waals surface area (Å²) in [5, 5.41) is 3.49. The summed E-state index contributed by atoms with van der Waals surface area (Å²) in [6.07, 6.45) is 11.1. The van der Waals surface area contributed by atoms with Crippen LogP contribution in [0.1, 0.15) is 37.2 Å². The van der Waals surface area contributed by atoms with Crippen LogP contribution in [0.4, 0.5) is 5.82 Å². The summed E-state index contributed by atoms with van der Waals surface area (Å²) in [5.41, 5.74) is 4.66. The molecule has 1 aliphatic heterocycles. The number of hydrogen-bond donors (Lipinski definition) is 1. The highest BCUT2D eigenvalue weighted by atomic mass is 32.2. The van der Waals surface area contributed by atoms with Gasteiger partial charge in [-0.05, 0) is 49.8 Å². The summed E-state index contributed by atoms with van der Waals surface area (Å²) in [4.78, 5) is 14.5. The Bertz CT molecular complexity index is 1370. The summed E-state index contributed by atoms with van der Waals surface area (Å²) in [6.45, 7) is 9.33. The lowest BCUT2D eigenvalue weighted by Gasteiger charge is -2.32. The van der Waals surface area contributed by atoms with Gasteiger partial charge >= 0.3 is 0 Å². The van der Waals surface area contributed by atoms with Gasteiger partial charge in [-0.15, -0.1) is 0 Å². The zero-order valence-corrected chi connectivity index (χ0v) is 24.1. The maximum absolute atomic E-state index is 12.1. The number of fused-ring (bicyclic) bond motifs is 1. The van der Waals surface area contributed by atoms with Gasteiger partial charge in [-0.25, -0.2) is 27.7 Å². The van der Waals surface area contributed by atoms with E-state index in [9.17, 15) is 8.42 Å². The van der Waals surface area contributed by atoms with Gasteiger partial charge in [-0.1, -0.05) is 19.6 Å². The molecule has 0 amide bonds. The summed E-state index contributed by atoms with van der Waals surface area (Å²) in [6, 6.07) is 5.02. The largest absolute Gasteiger partial charge is 0.365 e. The molecule has 200 valence electrons. The minimum Gasteiger partial charge on any atom is -0.365 e. The topological polar surface area (TPSA) is 102 Å². The highest BCUT2D eigenvalue weighted by Gasteiger charge is 2.30. The van der Waals surface area contributed by atoms with E-state index in [2.05, 4.69) is 40.7 Å². The molecule has 11 heteroatoms. The number of anilines is 1. The molecule has 0 spiro atoms. The molecule has 2 aliphatic rings. The van der Waals surface area contributed by atoms with E-state index in [1.54, 1.807) is 10.5 Å². The Morgan fingerprint density at radius 2 is 2.00 bits per heavy atom. The van der Waals surface area contributed by atoms with Crippen LogP contribution in [0.25, 0.3) is 22.4 Å². The number of sulfonamides is 1. The van der Waals surface area contributed by atoms with Gasteiger partial charge in [0.15, 0.2) is 5.65 Å². The number of nitrogens with zero attached hydrogens (tertiary/aromatic N) is 5. The lowest BCUT2D eigenvalue weighted by Crippen LogP contribution is -2.44. The van der Waals surface area contributed by atoms with Crippen molar-refractivity contribution in [2.45, 2.75) is 70.1 Å². The summed E-state index contributed by atoms with van der Waals surface area (Å²) >= 11 is 0. The number of piperidine rings is 1. The van der Waals surface area contributed by atoms with E-state index >= 15 is 0 Å². The summed E-state index contributed by atoms with van der Waals surface area (Å²) in [7, 11) is -4.36. The molecule has 1 N–H and O–H groups in total. The zero-order valence-electron chi connectivity index (χ0n) is 22.3. The molecule has 5 rings (SSSR count). The van der Waals surface area contributed by atoms with Crippen molar-refractivity contribution in [3.8, 4) is 11.3 Å². The number of rotatable bonds is 10. The average Bonchev–Trinajstić information content (AvgIpc) is 3.63. The molecule has 4 heterocycles. The molecular formula is C26H38N6O3SSi. The fraction of sp³-hybridized carbons (Fsp3) is 0.577. The minimum atomic E-state index is -3.22. The van der Waals surface area contributed by atoms with Gasteiger partial charge in [-0.3, -0.25) is 0 Å². The smallest absolute Gasteiger partial charge is 0.211 e. The van der Waals surface area contributed by atoms with E-state index in [1.165, 1.54) is 24.7 Å². The number of pyridine rings is 1. The van der Waals surface area contributed by atoms with E-state index < -0.39 is 18.1 Å². The minimum absolute atomic E-state index is 0.00904. The van der Waals surface area contributed by atoms with E-state index in [1.807, 2.05) is 18.3 Å². The Labute approximate surface area is 220 Å². The Kier molecular flexibility index (Phi) is 7.41. The van der Waals surface area contributed by atoms with Crippen LogP contribution in [0.5, 0.6) is 0 Å². The van der Waals surface area contributed by atoms with Crippen molar-refractivity contribution >= 4 is 35.1 Å². The summed E-state index contributed by atoms with van der Waals surface area (Å²) < 4.78 is 33.8. The Hall–Kier alpha value is -2.34. The third-order valence-corrected chi connectivity index (χ3v) is 10.1. The SMILES string of the molecule is C[Si](C)(C)CCOCn1cc(C2CC2)c2nc(-c3cccnc3NC3CCCN(S(C)(=O)=O)C3)cnc21. The Balaban J connectivity index is 1.39. The zero-order chi connectivity index (χ0) is 26.2. The van der Waals surface area contributed by atoms with Crippen LogP contribution < -0.4 is 5.32 Å². The molecule has 9 nitrogen and oxygen atoms in total. The standard InChI is InChI=1S/C26H38N6O3SSi/c1-36(33,34)32-12-6-7-20(16-32)29-25-21(8-5-11-27-25)23-15-28-26-24(30-23)22(19-9-10-19)17-31(26)18-35-13-14-37(2,3)4/h5,8,11,15,17,19-20H,6-7,9-10,12-14,16,18H2,1-4H3,(H,27,29). The first-order valence-corrected chi connectivity index (χ1v) is 18.7. The van der Waals surface area contributed by atoms with Gasteiger partial charge in [-0.2, -0.15) is 0 Å². The summed E-state index contributed by atoms with van der Waals surface area (Å²) in [5.74, 6) is 1.24. The fourth-order valence-corrected chi connectivity index (χ4v) is 6.49. The third kappa shape index (κ3) is 6.39. The fourth-order valence-electron chi connectivity index (χ4n) is 4.82. The Morgan fingerprint density at radius 1 is 1.19 bits per heavy atom. The first-order chi connectivity index (χ1) is 17.6. The second-order valence-electron chi connectivity index (χ2n) is 11.6. The lowest BCUT2D eigenvalue weighted by molar-refractivity contribution is 0.0898. The van der Waals surface area contributed by atoms with Crippen molar-refractivity contribution in [2.24, 2.45) is 0 Å². The van der Waals surface area contributed by atoms with E-state index in [-0.39, 0.29) is 6.04 Å². The molecule has 1 unspecified atom stereocenters. The molecule has 1 atom stereocenters. The molecule has 1 saturated heterocycles. The Morgan fingerprint density at radius 3 is 2.73 bits per heavy atom. The molecule has 1 saturated carbocycles. The van der Waals surface area contributed by atoms with Crippen LogP contribution in [-0.2, 0) is 21.5 Å². The van der Waals surface area contributed by atoms with Crippen molar-refractivity contribution in [3.05, 3.63) is 36.3 Å². The van der Waals surface area contributed by atoms with Crippen LogP contribution >= 0.6 is 0 Å².